The third-order valence-electron chi connectivity index (χ3n) is 10.8. The number of fused-ring (bicyclic) bond motifs is 3. The molecule has 264 valence electrons. The summed E-state index contributed by atoms with van der Waals surface area (Å²) in [5.41, 5.74) is 16.3. The maximum absolute atomic E-state index is 2.40. The number of rotatable bonds is 8. The monoisotopic (exact) mass is 714 g/mol. The lowest BCUT2D eigenvalue weighted by Crippen LogP contribution is -2.11. The minimum atomic E-state index is 1.08. The van der Waals surface area contributed by atoms with Crippen LogP contribution in [0.15, 0.2) is 231 Å². The van der Waals surface area contributed by atoms with Crippen LogP contribution >= 0.6 is 0 Å². The first-order valence-corrected chi connectivity index (χ1v) is 19.2. The lowest BCUT2D eigenvalue weighted by atomic mass is 9.93. The Morgan fingerprint density at radius 1 is 0.286 bits per heavy atom. The Morgan fingerprint density at radius 3 is 1.32 bits per heavy atom. The van der Waals surface area contributed by atoms with Crippen LogP contribution in [0, 0.1) is 0 Å². The topological polar surface area (TPSA) is 8.17 Å². The molecule has 9 aromatic carbocycles. The molecule has 0 aliphatic carbocycles. The standard InChI is InChI=1S/C54H38N2/c1-4-17-39(18-5-1)43-35-44(40-19-6-2-7-20-40)37-45(36-43)41-31-33-46(34-32-41)55(52-28-13-10-25-49(52)42-21-8-3-9-22-42)47-23-16-24-48(38-47)56-53-29-14-11-26-50(53)51-27-12-15-30-54(51)56/h1-38H. The number of nitrogens with zero attached hydrogens (tertiary/aromatic N) is 2. The van der Waals surface area contributed by atoms with Gasteiger partial charge in [-0.05, 0) is 106 Å². The number of hydrogen-bond acceptors (Lipinski definition) is 1. The van der Waals surface area contributed by atoms with Gasteiger partial charge in [-0.25, -0.2) is 0 Å². The zero-order valence-corrected chi connectivity index (χ0v) is 30.8. The van der Waals surface area contributed by atoms with E-state index in [0.717, 1.165) is 22.7 Å². The van der Waals surface area contributed by atoms with Crippen molar-refractivity contribution in [2.24, 2.45) is 0 Å². The van der Waals surface area contributed by atoms with Crippen molar-refractivity contribution >= 4 is 38.9 Å². The summed E-state index contributed by atoms with van der Waals surface area (Å²) < 4.78 is 2.39. The van der Waals surface area contributed by atoms with Gasteiger partial charge in [-0.15, -0.1) is 0 Å². The van der Waals surface area contributed by atoms with E-state index in [1.807, 2.05) is 0 Å². The molecule has 1 heterocycles. The SMILES string of the molecule is c1ccc(-c2cc(-c3ccccc3)cc(-c3ccc(N(c4cccc(-n5c6ccccc6c6ccccc65)c4)c4ccccc4-c4ccccc4)cc3)c2)cc1. The van der Waals surface area contributed by atoms with Gasteiger partial charge >= 0.3 is 0 Å². The van der Waals surface area contributed by atoms with Gasteiger partial charge in [-0.2, -0.15) is 0 Å². The quantitative estimate of drug-likeness (QED) is 0.152. The van der Waals surface area contributed by atoms with E-state index in [1.54, 1.807) is 0 Å². The fourth-order valence-corrected chi connectivity index (χ4v) is 8.12. The molecule has 0 radical (unpaired) electrons. The highest BCUT2D eigenvalue weighted by Crippen LogP contribution is 2.43. The van der Waals surface area contributed by atoms with Crippen molar-refractivity contribution in [3.8, 4) is 50.2 Å². The first-order valence-electron chi connectivity index (χ1n) is 19.2. The van der Waals surface area contributed by atoms with Crippen LogP contribution in [0.4, 0.5) is 17.1 Å². The molecule has 2 heteroatoms. The highest BCUT2D eigenvalue weighted by atomic mass is 15.1. The van der Waals surface area contributed by atoms with Gasteiger partial charge in [0.15, 0.2) is 0 Å². The number of aromatic nitrogens is 1. The first-order chi connectivity index (χ1) is 27.8. The summed E-state index contributed by atoms with van der Waals surface area (Å²) in [6.07, 6.45) is 0. The maximum Gasteiger partial charge on any atom is 0.0541 e. The largest absolute Gasteiger partial charge is 0.310 e. The molecule has 0 unspecified atom stereocenters. The molecule has 0 N–H and O–H groups in total. The molecule has 0 atom stereocenters. The smallest absolute Gasteiger partial charge is 0.0541 e. The van der Waals surface area contributed by atoms with Crippen molar-refractivity contribution in [3.63, 3.8) is 0 Å². The van der Waals surface area contributed by atoms with Gasteiger partial charge in [0.1, 0.15) is 0 Å². The lowest BCUT2D eigenvalue weighted by Gasteiger charge is -2.28. The molecule has 0 amide bonds. The van der Waals surface area contributed by atoms with Crippen molar-refractivity contribution in [2.45, 2.75) is 0 Å². The van der Waals surface area contributed by atoms with Gasteiger partial charge in [0.2, 0.25) is 0 Å². The summed E-state index contributed by atoms with van der Waals surface area (Å²) in [7, 11) is 0. The molecule has 2 nitrogen and oxygen atoms in total. The second kappa shape index (κ2) is 14.4. The molecule has 0 aliphatic rings. The molecular formula is C54H38N2. The van der Waals surface area contributed by atoms with Crippen molar-refractivity contribution in [1.29, 1.82) is 0 Å². The molecule has 0 saturated carbocycles. The molecule has 0 fully saturated rings. The summed E-state index contributed by atoms with van der Waals surface area (Å²) in [5, 5.41) is 2.50. The van der Waals surface area contributed by atoms with Crippen LogP contribution in [-0.2, 0) is 0 Å². The summed E-state index contributed by atoms with van der Waals surface area (Å²) >= 11 is 0. The van der Waals surface area contributed by atoms with Crippen LogP contribution in [0.1, 0.15) is 0 Å². The van der Waals surface area contributed by atoms with E-state index < -0.39 is 0 Å². The number of hydrogen-bond donors (Lipinski definition) is 0. The molecule has 0 aliphatic heterocycles. The zero-order valence-electron chi connectivity index (χ0n) is 30.8. The normalized spacial score (nSPS) is 11.2. The lowest BCUT2D eigenvalue weighted by molar-refractivity contribution is 1.17. The van der Waals surface area contributed by atoms with E-state index >= 15 is 0 Å². The van der Waals surface area contributed by atoms with E-state index in [0.29, 0.717) is 0 Å². The number of anilines is 3. The van der Waals surface area contributed by atoms with Gasteiger partial charge in [-0.3, -0.25) is 0 Å². The van der Waals surface area contributed by atoms with Crippen LogP contribution < -0.4 is 4.90 Å². The molecule has 10 aromatic rings. The Labute approximate surface area is 327 Å². The second-order valence-electron chi connectivity index (χ2n) is 14.2. The van der Waals surface area contributed by atoms with Gasteiger partial charge < -0.3 is 9.47 Å². The summed E-state index contributed by atoms with van der Waals surface area (Å²) in [6.45, 7) is 0. The summed E-state index contributed by atoms with van der Waals surface area (Å²) in [6, 6.07) is 83.1. The van der Waals surface area contributed by atoms with Crippen molar-refractivity contribution in [2.75, 3.05) is 4.90 Å². The summed E-state index contributed by atoms with van der Waals surface area (Å²) in [5.74, 6) is 0. The van der Waals surface area contributed by atoms with E-state index in [9.17, 15) is 0 Å². The average molecular weight is 715 g/mol. The van der Waals surface area contributed by atoms with Gasteiger partial charge in [-0.1, -0.05) is 164 Å². The predicted molar refractivity (Wildman–Crippen MR) is 237 cm³/mol. The molecule has 1 aromatic heterocycles. The first kappa shape index (κ1) is 33.2. The highest BCUT2D eigenvalue weighted by molar-refractivity contribution is 6.09. The predicted octanol–water partition coefficient (Wildman–Crippen LogP) is 14.9. The van der Waals surface area contributed by atoms with Crippen LogP contribution in [0.5, 0.6) is 0 Å². The number of para-hydroxylation sites is 3. The maximum atomic E-state index is 2.40. The van der Waals surface area contributed by atoms with Gasteiger partial charge in [0, 0.05) is 33.4 Å². The molecule has 0 spiro atoms. The summed E-state index contributed by atoms with van der Waals surface area (Å²) in [4.78, 5) is 2.40. The van der Waals surface area contributed by atoms with E-state index in [2.05, 4.69) is 240 Å². The molecule has 10 rings (SSSR count). The van der Waals surface area contributed by atoms with E-state index in [4.69, 9.17) is 0 Å². The van der Waals surface area contributed by atoms with Crippen LogP contribution in [0.2, 0.25) is 0 Å². The van der Waals surface area contributed by atoms with Gasteiger partial charge in [0.05, 0.1) is 16.7 Å². The zero-order chi connectivity index (χ0) is 37.3. The van der Waals surface area contributed by atoms with Crippen LogP contribution in [-0.4, -0.2) is 4.57 Å². The molecule has 56 heavy (non-hydrogen) atoms. The fraction of sp³-hybridized carbons (Fsp3) is 0. The minimum absolute atomic E-state index is 1.08. The van der Waals surface area contributed by atoms with E-state index in [-0.39, 0.29) is 0 Å². The van der Waals surface area contributed by atoms with Gasteiger partial charge in [0.25, 0.3) is 0 Å². The average Bonchev–Trinajstić information content (AvgIpc) is 3.62. The van der Waals surface area contributed by atoms with E-state index in [1.165, 1.54) is 66.3 Å². The van der Waals surface area contributed by atoms with Crippen molar-refractivity contribution in [3.05, 3.63) is 231 Å². The number of benzene rings is 9. The molecular weight excluding hydrogens is 677 g/mol. The van der Waals surface area contributed by atoms with Crippen molar-refractivity contribution in [1.82, 2.24) is 4.57 Å². The Kier molecular flexibility index (Phi) is 8.55. The molecule has 0 bridgehead atoms. The highest BCUT2D eigenvalue weighted by Gasteiger charge is 2.19. The second-order valence-corrected chi connectivity index (χ2v) is 14.2. The Bertz CT molecular complexity index is 2830. The van der Waals surface area contributed by atoms with Crippen LogP contribution in [0.3, 0.4) is 0 Å². The molecule has 0 saturated heterocycles. The fourth-order valence-electron chi connectivity index (χ4n) is 8.12. The Hall–Kier alpha value is -7.42. The third-order valence-corrected chi connectivity index (χ3v) is 10.8. The Morgan fingerprint density at radius 2 is 0.750 bits per heavy atom. The van der Waals surface area contributed by atoms with Crippen molar-refractivity contribution < 1.29 is 0 Å². The third kappa shape index (κ3) is 6.14. The Balaban J connectivity index is 1.13. The minimum Gasteiger partial charge on any atom is -0.310 e. The van der Waals surface area contributed by atoms with Crippen LogP contribution in [0.25, 0.3) is 72.0 Å².